The topological polar surface area (TPSA) is 171 Å². The highest BCUT2D eigenvalue weighted by Crippen LogP contribution is 2.12. The molecule has 31 heavy (non-hydrogen) atoms. The molecule has 7 N–H and O–H groups in total. The van der Waals surface area contributed by atoms with Gasteiger partial charge in [0.05, 0.1) is 6.04 Å². The molecule has 0 aliphatic rings. The molecular weight excluding hydrogens is 424 g/mol. The van der Waals surface area contributed by atoms with E-state index in [1.54, 1.807) is 19.1 Å². The van der Waals surface area contributed by atoms with Crippen LogP contribution < -0.4 is 21.7 Å². The maximum Gasteiger partial charge on any atom is 0.322 e. The summed E-state index contributed by atoms with van der Waals surface area (Å²) in [6.45, 7) is 3.04. The van der Waals surface area contributed by atoms with E-state index in [1.807, 2.05) is 6.92 Å². The Morgan fingerprint density at radius 3 is 2.19 bits per heavy atom. The number of carbonyl (C=O) groups is 4. The fourth-order valence-electron chi connectivity index (χ4n) is 2.68. The number of phenolic OH excluding ortho intramolecular Hbond substituents is 1. The van der Waals surface area contributed by atoms with E-state index in [2.05, 4.69) is 28.6 Å². The number of rotatable bonds is 12. The van der Waals surface area contributed by atoms with Crippen LogP contribution in [0.5, 0.6) is 5.75 Å². The molecule has 0 aromatic heterocycles. The zero-order valence-electron chi connectivity index (χ0n) is 17.5. The van der Waals surface area contributed by atoms with E-state index in [0.29, 0.717) is 6.42 Å². The van der Waals surface area contributed by atoms with Gasteiger partial charge in [0.2, 0.25) is 17.7 Å². The third kappa shape index (κ3) is 8.85. The van der Waals surface area contributed by atoms with Crippen LogP contribution in [0.25, 0.3) is 0 Å². The summed E-state index contributed by atoms with van der Waals surface area (Å²) < 4.78 is 0. The molecule has 0 heterocycles. The molecule has 0 bridgehead atoms. The highest BCUT2D eigenvalue weighted by Gasteiger charge is 2.30. The first-order valence-corrected chi connectivity index (χ1v) is 10.5. The van der Waals surface area contributed by atoms with Gasteiger partial charge in [-0.15, -0.1) is 0 Å². The van der Waals surface area contributed by atoms with Gasteiger partial charge in [-0.25, -0.2) is 0 Å². The Labute approximate surface area is 186 Å². The summed E-state index contributed by atoms with van der Waals surface area (Å²) in [5.41, 5.74) is 6.73. The van der Waals surface area contributed by atoms with Gasteiger partial charge in [-0.05, 0) is 30.0 Å². The van der Waals surface area contributed by atoms with Crippen molar-refractivity contribution in [2.45, 2.75) is 44.8 Å². The number of amides is 3. The number of nitrogens with one attached hydrogen (secondary N) is 3. The normalized spacial score (nSPS) is 14.6. The van der Waals surface area contributed by atoms with Crippen LogP contribution in [0, 0.1) is 5.92 Å². The number of carboxylic acids is 1. The molecule has 4 atom stereocenters. The summed E-state index contributed by atoms with van der Waals surface area (Å²) >= 11 is 4.03. The molecule has 0 spiro atoms. The molecule has 0 saturated carbocycles. The molecule has 1 aromatic rings. The maximum absolute atomic E-state index is 12.8. The van der Waals surface area contributed by atoms with Crippen LogP contribution in [0.1, 0.15) is 25.8 Å². The van der Waals surface area contributed by atoms with Crippen molar-refractivity contribution in [1.29, 1.82) is 0 Å². The van der Waals surface area contributed by atoms with E-state index in [0.717, 1.165) is 5.56 Å². The van der Waals surface area contributed by atoms with Crippen molar-refractivity contribution >= 4 is 36.3 Å². The minimum Gasteiger partial charge on any atom is -0.508 e. The van der Waals surface area contributed by atoms with E-state index in [4.69, 9.17) is 10.8 Å². The Hall–Kier alpha value is -2.79. The largest absolute Gasteiger partial charge is 0.508 e. The van der Waals surface area contributed by atoms with E-state index >= 15 is 0 Å². The molecule has 0 aliphatic heterocycles. The monoisotopic (exact) mass is 454 g/mol. The summed E-state index contributed by atoms with van der Waals surface area (Å²) in [4.78, 5) is 48.1. The second kappa shape index (κ2) is 12.8. The molecule has 0 saturated heterocycles. The standard InChI is InChI=1S/C20H30N4O6S/c1-3-11(2)17(20(30)23-15(10-31)19(29)22-9-16(26)27)24-18(28)14(21)8-12-4-6-13(25)7-5-12/h4-7,11,14-15,17,25,31H,3,8-10,21H2,1-2H3,(H,22,29)(H,23,30)(H,24,28)(H,26,27). The third-order valence-electron chi connectivity index (χ3n) is 4.75. The van der Waals surface area contributed by atoms with Crippen LogP contribution >= 0.6 is 12.6 Å². The number of hydrogen-bond acceptors (Lipinski definition) is 7. The number of thiol groups is 1. The highest BCUT2D eigenvalue weighted by atomic mass is 32.1. The van der Waals surface area contributed by atoms with Gasteiger partial charge in [0.25, 0.3) is 0 Å². The van der Waals surface area contributed by atoms with Gasteiger partial charge in [0.1, 0.15) is 24.4 Å². The van der Waals surface area contributed by atoms with Gasteiger partial charge in [0.15, 0.2) is 0 Å². The van der Waals surface area contributed by atoms with Crippen LogP contribution in [0.2, 0.25) is 0 Å². The van der Waals surface area contributed by atoms with Crippen molar-refractivity contribution in [1.82, 2.24) is 16.0 Å². The van der Waals surface area contributed by atoms with Gasteiger partial charge in [-0.3, -0.25) is 19.2 Å². The second-order valence-electron chi connectivity index (χ2n) is 7.20. The zero-order chi connectivity index (χ0) is 23.6. The van der Waals surface area contributed by atoms with Crippen molar-refractivity contribution in [3.05, 3.63) is 29.8 Å². The number of aromatic hydroxyl groups is 1. The van der Waals surface area contributed by atoms with Gasteiger partial charge in [-0.2, -0.15) is 12.6 Å². The number of carboxylic acid groups (broad SMARTS) is 1. The van der Waals surface area contributed by atoms with Gasteiger partial charge in [-0.1, -0.05) is 32.4 Å². The Kier molecular flexibility index (Phi) is 10.8. The Balaban J connectivity index is 2.80. The molecule has 172 valence electrons. The average Bonchev–Trinajstić information content (AvgIpc) is 2.74. The van der Waals surface area contributed by atoms with E-state index in [-0.39, 0.29) is 23.8 Å². The first-order chi connectivity index (χ1) is 14.6. The predicted molar refractivity (Wildman–Crippen MR) is 118 cm³/mol. The van der Waals surface area contributed by atoms with Crippen LogP contribution in [0.15, 0.2) is 24.3 Å². The second-order valence-corrected chi connectivity index (χ2v) is 7.57. The lowest BCUT2D eigenvalue weighted by atomic mass is 9.97. The summed E-state index contributed by atoms with van der Waals surface area (Å²) in [5.74, 6) is -3.25. The van der Waals surface area contributed by atoms with Crippen molar-refractivity contribution < 1.29 is 29.4 Å². The smallest absolute Gasteiger partial charge is 0.322 e. The molecular formula is C20H30N4O6S. The number of aliphatic carboxylic acids is 1. The molecule has 0 radical (unpaired) electrons. The van der Waals surface area contributed by atoms with Crippen LogP contribution in [0.3, 0.4) is 0 Å². The van der Waals surface area contributed by atoms with Gasteiger partial charge < -0.3 is 31.9 Å². The number of carbonyl (C=O) groups excluding carboxylic acids is 3. The number of benzene rings is 1. The van der Waals surface area contributed by atoms with Crippen LogP contribution in [-0.4, -0.2) is 64.3 Å². The Bertz CT molecular complexity index is 773. The van der Waals surface area contributed by atoms with Crippen molar-refractivity contribution in [3.63, 3.8) is 0 Å². The number of phenols is 1. The van der Waals surface area contributed by atoms with Crippen molar-refractivity contribution in [3.8, 4) is 5.75 Å². The quantitative estimate of drug-likeness (QED) is 0.207. The molecule has 4 unspecified atom stereocenters. The lowest BCUT2D eigenvalue weighted by Gasteiger charge is -2.27. The summed E-state index contributed by atoms with van der Waals surface area (Å²) in [6, 6.07) is 3.33. The third-order valence-corrected chi connectivity index (χ3v) is 5.12. The first kappa shape index (κ1) is 26.2. The van der Waals surface area contributed by atoms with Gasteiger partial charge in [0, 0.05) is 5.75 Å². The lowest BCUT2D eigenvalue weighted by molar-refractivity contribution is -0.138. The average molecular weight is 455 g/mol. The van der Waals surface area contributed by atoms with Crippen LogP contribution in [-0.2, 0) is 25.6 Å². The fourth-order valence-corrected chi connectivity index (χ4v) is 2.94. The highest BCUT2D eigenvalue weighted by molar-refractivity contribution is 7.80. The fraction of sp³-hybridized carbons (Fsp3) is 0.500. The molecule has 0 fully saturated rings. The van der Waals surface area contributed by atoms with Gasteiger partial charge >= 0.3 is 5.97 Å². The molecule has 0 aliphatic carbocycles. The summed E-state index contributed by atoms with van der Waals surface area (Å²) in [6.07, 6.45) is 0.778. The minimum absolute atomic E-state index is 0.0568. The van der Waals surface area contributed by atoms with E-state index in [9.17, 15) is 24.3 Å². The molecule has 10 nitrogen and oxygen atoms in total. The SMILES string of the molecule is CCC(C)C(NC(=O)C(N)Cc1ccc(O)cc1)C(=O)NC(CS)C(=O)NCC(=O)O. The molecule has 11 heteroatoms. The first-order valence-electron chi connectivity index (χ1n) is 9.83. The lowest BCUT2D eigenvalue weighted by Crippen LogP contribution is -2.58. The molecule has 3 amide bonds. The summed E-state index contributed by atoms with van der Waals surface area (Å²) in [7, 11) is 0. The van der Waals surface area contributed by atoms with E-state index in [1.165, 1.54) is 12.1 Å². The Morgan fingerprint density at radius 1 is 1.06 bits per heavy atom. The predicted octanol–water partition coefficient (Wildman–Crippen LogP) is -0.592. The van der Waals surface area contributed by atoms with Crippen molar-refractivity contribution in [2.24, 2.45) is 11.7 Å². The molecule has 1 aromatic carbocycles. The number of nitrogens with two attached hydrogens (primary N) is 1. The zero-order valence-corrected chi connectivity index (χ0v) is 18.4. The number of hydrogen-bond donors (Lipinski definition) is 7. The van der Waals surface area contributed by atoms with Crippen LogP contribution in [0.4, 0.5) is 0 Å². The Morgan fingerprint density at radius 2 is 1.68 bits per heavy atom. The summed E-state index contributed by atoms with van der Waals surface area (Å²) in [5, 5.41) is 25.3. The maximum atomic E-state index is 12.8. The van der Waals surface area contributed by atoms with E-state index < -0.39 is 48.4 Å². The minimum atomic E-state index is -1.22. The molecule has 1 rings (SSSR count). The van der Waals surface area contributed by atoms with Crippen molar-refractivity contribution in [2.75, 3.05) is 12.3 Å².